The van der Waals surface area contributed by atoms with E-state index in [4.69, 9.17) is 0 Å². The van der Waals surface area contributed by atoms with Crippen LogP contribution in [0.25, 0.3) is 65.6 Å². The summed E-state index contributed by atoms with van der Waals surface area (Å²) >= 11 is 0. The summed E-state index contributed by atoms with van der Waals surface area (Å²) in [7, 11) is 2.22. The third kappa shape index (κ3) is 4.41. The molecule has 0 aliphatic carbocycles. The smallest absolute Gasteiger partial charge is 0.0575 e. The molecule has 2 nitrogen and oxygen atoms in total. The van der Waals surface area contributed by atoms with Crippen LogP contribution in [0.3, 0.4) is 0 Å². The molecule has 0 aliphatic rings. The third-order valence-corrected chi connectivity index (χ3v) is 9.57. The van der Waals surface area contributed by atoms with Crippen molar-refractivity contribution in [3.05, 3.63) is 176 Å². The first-order valence-electron chi connectivity index (χ1n) is 16.2. The predicted octanol–water partition coefficient (Wildman–Crippen LogP) is 12.4. The molecule has 0 N–H and O–H groups in total. The van der Waals surface area contributed by atoms with Crippen LogP contribution >= 0.6 is 0 Å². The Kier molecular flexibility index (Phi) is 6.39. The van der Waals surface area contributed by atoms with Crippen LogP contribution < -0.4 is 4.90 Å². The number of benzene rings is 8. The van der Waals surface area contributed by atoms with E-state index >= 15 is 0 Å². The average Bonchev–Trinajstić information content (AvgIpc) is 3.46. The van der Waals surface area contributed by atoms with E-state index in [1.54, 1.807) is 0 Å². The SMILES string of the molecule is Cn1c2c(-c3ccc(N(c4ccccc4)c4ccc(-c5ccccc5)cc4)cc3)cccc2c2c3ccccc3c3ccccc3c21. The molecule has 0 radical (unpaired) electrons. The predicted molar refractivity (Wildman–Crippen MR) is 201 cm³/mol. The van der Waals surface area contributed by atoms with Gasteiger partial charge in [0, 0.05) is 45.8 Å². The Morgan fingerprint density at radius 1 is 0.340 bits per heavy atom. The molecule has 9 aromatic rings. The fourth-order valence-electron chi connectivity index (χ4n) is 7.44. The van der Waals surface area contributed by atoms with Gasteiger partial charge in [-0.1, -0.05) is 140 Å². The van der Waals surface area contributed by atoms with Crippen molar-refractivity contribution in [3.63, 3.8) is 0 Å². The maximum absolute atomic E-state index is 2.41. The average molecular weight is 601 g/mol. The van der Waals surface area contributed by atoms with Gasteiger partial charge < -0.3 is 9.47 Å². The van der Waals surface area contributed by atoms with E-state index in [1.165, 1.54) is 65.6 Å². The van der Waals surface area contributed by atoms with E-state index < -0.39 is 0 Å². The summed E-state index contributed by atoms with van der Waals surface area (Å²) in [6.45, 7) is 0. The van der Waals surface area contributed by atoms with Crippen molar-refractivity contribution in [1.82, 2.24) is 4.57 Å². The molecule has 0 amide bonds. The van der Waals surface area contributed by atoms with Gasteiger partial charge in [-0.2, -0.15) is 0 Å². The number of aromatic nitrogens is 1. The number of rotatable bonds is 5. The molecule has 0 spiro atoms. The molecule has 9 rings (SSSR count). The lowest BCUT2D eigenvalue weighted by Crippen LogP contribution is -2.09. The van der Waals surface area contributed by atoms with Gasteiger partial charge in [0.25, 0.3) is 0 Å². The van der Waals surface area contributed by atoms with Gasteiger partial charge in [-0.15, -0.1) is 0 Å². The van der Waals surface area contributed by atoms with Gasteiger partial charge >= 0.3 is 0 Å². The molecule has 0 unspecified atom stereocenters. The van der Waals surface area contributed by atoms with Crippen LogP contribution in [0.5, 0.6) is 0 Å². The van der Waals surface area contributed by atoms with Gasteiger partial charge in [0.1, 0.15) is 0 Å². The van der Waals surface area contributed by atoms with Gasteiger partial charge in [0.05, 0.1) is 11.0 Å². The number of anilines is 3. The summed E-state index contributed by atoms with van der Waals surface area (Å²) < 4.78 is 2.41. The van der Waals surface area contributed by atoms with Crippen molar-refractivity contribution in [2.75, 3.05) is 4.90 Å². The number of fused-ring (bicyclic) bond motifs is 8. The number of nitrogens with zero attached hydrogens (tertiary/aromatic N) is 2. The minimum Gasteiger partial charge on any atom is -0.343 e. The molecular formula is C45H32N2. The first-order chi connectivity index (χ1) is 23.3. The molecule has 222 valence electrons. The maximum Gasteiger partial charge on any atom is 0.0575 e. The Labute approximate surface area is 274 Å². The molecule has 2 heteroatoms. The number of para-hydroxylation sites is 2. The second-order valence-electron chi connectivity index (χ2n) is 12.2. The van der Waals surface area contributed by atoms with Crippen molar-refractivity contribution in [3.8, 4) is 22.3 Å². The molecule has 8 aromatic carbocycles. The van der Waals surface area contributed by atoms with Crippen LogP contribution in [0.4, 0.5) is 17.1 Å². The van der Waals surface area contributed by atoms with Crippen molar-refractivity contribution < 1.29 is 0 Å². The van der Waals surface area contributed by atoms with Gasteiger partial charge in [-0.3, -0.25) is 0 Å². The van der Waals surface area contributed by atoms with Crippen LogP contribution in [-0.2, 0) is 7.05 Å². The summed E-state index contributed by atoms with van der Waals surface area (Å²) in [6, 6.07) is 63.5. The molecule has 0 saturated heterocycles. The van der Waals surface area contributed by atoms with E-state index in [1.807, 2.05) is 0 Å². The van der Waals surface area contributed by atoms with Crippen molar-refractivity contribution in [1.29, 1.82) is 0 Å². The molecule has 1 heterocycles. The van der Waals surface area contributed by atoms with E-state index in [9.17, 15) is 0 Å². The second-order valence-corrected chi connectivity index (χ2v) is 12.2. The molecule has 0 fully saturated rings. The minimum absolute atomic E-state index is 1.12. The first kappa shape index (κ1) is 27.2. The first-order valence-corrected chi connectivity index (χ1v) is 16.2. The monoisotopic (exact) mass is 600 g/mol. The fourth-order valence-corrected chi connectivity index (χ4v) is 7.44. The quantitative estimate of drug-likeness (QED) is 0.178. The van der Waals surface area contributed by atoms with Crippen LogP contribution in [0.15, 0.2) is 176 Å². The largest absolute Gasteiger partial charge is 0.343 e. The van der Waals surface area contributed by atoms with E-state index in [0.29, 0.717) is 0 Å². The van der Waals surface area contributed by atoms with Gasteiger partial charge in [0.2, 0.25) is 0 Å². The lowest BCUT2D eigenvalue weighted by atomic mass is 9.96. The molecule has 0 atom stereocenters. The lowest BCUT2D eigenvalue weighted by molar-refractivity contribution is 1.02. The number of hydrogen-bond acceptors (Lipinski definition) is 1. The molecule has 47 heavy (non-hydrogen) atoms. The fraction of sp³-hybridized carbons (Fsp3) is 0.0222. The minimum atomic E-state index is 1.12. The second kappa shape index (κ2) is 11.0. The van der Waals surface area contributed by atoms with Crippen molar-refractivity contribution in [2.24, 2.45) is 7.05 Å². The number of aryl methyl sites for hydroxylation is 1. The highest BCUT2D eigenvalue weighted by Crippen LogP contribution is 2.43. The van der Waals surface area contributed by atoms with E-state index in [2.05, 4.69) is 192 Å². The van der Waals surface area contributed by atoms with Crippen LogP contribution in [0, 0.1) is 0 Å². The molecule has 0 saturated carbocycles. The van der Waals surface area contributed by atoms with E-state index in [-0.39, 0.29) is 0 Å². The number of hydrogen-bond donors (Lipinski definition) is 0. The zero-order valence-corrected chi connectivity index (χ0v) is 26.1. The van der Waals surface area contributed by atoms with Crippen molar-refractivity contribution in [2.45, 2.75) is 0 Å². The van der Waals surface area contributed by atoms with E-state index in [0.717, 1.165) is 17.1 Å². The standard InChI is InChI=1S/C45H32N2/c1-46-44-37(21-12-22-42(44)43-40-19-10-8-17-38(40)39-18-9-11-20-41(39)45(43)46)33-25-29-36(30-26-33)47(34-15-6-3-7-16-34)35-27-23-32(24-28-35)31-13-4-2-5-14-31/h2-30H,1H3. The Morgan fingerprint density at radius 3 is 1.47 bits per heavy atom. The highest BCUT2D eigenvalue weighted by atomic mass is 15.1. The Bertz CT molecular complexity index is 2540. The summed E-state index contributed by atoms with van der Waals surface area (Å²) in [5.74, 6) is 0. The highest BCUT2D eigenvalue weighted by Gasteiger charge is 2.19. The highest BCUT2D eigenvalue weighted by molar-refractivity contribution is 6.32. The molecule has 0 aliphatic heterocycles. The molecule has 0 bridgehead atoms. The van der Waals surface area contributed by atoms with Crippen LogP contribution in [0.2, 0.25) is 0 Å². The zero-order chi connectivity index (χ0) is 31.3. The Balaban J connectivity index is 1.18. The topological polar surface area (TPSA) is 8.17 Å². The van der Waals surface area contributed by atoms with Crippen molar-refractivity contribution >= 4 is 60.4 Å². The normalized spacial score (nSPS) is 11.5. The third-order valence-electron chi connectivity index (χ3n) is 9.57. The summed E-state index contributed by atoms with van der Waals surface area (Å²) in [5.41, 5.74) is 10.8. The van der Waals surface area contributed by atoms with Crippen LogP contribution in [-0.4, -0.2) is 4.57 Å². The van der Waals surface area contributed by atoms with Crippen LogP contribution in [0.1, 0.15) is 0 Å². The summed E-state index contributed by atoms with van der Waals surface area (Å²) in [4.78, 5) is 2.33. The molecular weight excluding hydrogens is 569 g/mol. The maximum atomic E-state index is 2.41. The van der Waals surface area contributed by atoms with Gasteiger partial charge in [-0.05, 0) is 69.2 Å². The van der Waals surface area contributed by atoms with Gasteiger partial charge in [0.15, 0.2) is 0 Å². The lowest BCUT2D eigenvalue weighted by Gasteiger charge is -2.26. The Morgan fingerprint density at radius 2 is 0.809 bits per heavy atom. The summed E-state index contributed by atoms with van der Waals surface area (Å²) in [6.07, 6.45) is 0. The summed E-state index contributed by atoms with van der Waals surface area (Å²) in [5, 5.41) is 7.80. The zero-order valence-electron chi connectivity index (χ0n) is 26.1. The molecule has 1 aromatic heterocycles. The van der Waals surface area contributed by atoms with Gasteiger partial charge in [-0.25, -0.2) is 0 Å². The Hall–Kier alpha value is -6.12.